The van der Waals surface area contributed by atoms with Crippen molar-refractivity contribution in [1.29, 1.82) is 10.5 Å². The Morgan fingerprint density at radius 1 is 0.488 bits per heavy atom. The molecule has 0 saturated carbocycles. The van der Waals surface area contributed by atoms with Gasteiger partial charge in [-0.3, -0.25) is 18.7 Å². The molecular weight excluding hydrogens is 1100 g/mol. The van der Waals surface area contributed by atoms with Crippen molar-refractivity contribution in [2.24, 2.45) is 20.5 Å². The van der Waals surface area contributed by atoms with E-state index in [9.17, 15) is 80.1 Å². The van der Waals surface area contributed by atoms with Gasteiger partial charge in [-0.25, -0.2) is 19.2 Å². The fourth-order valence-electron chi connectivity index (χ4n) is 7.55. The van der Waals surface area contributed by atoms with Gasteiger partial charge in [0.1, 0.15) is 23.3 Å². The molecule has 0 aliphatic carbocycles. The Bertz CT molecular complexity index is 3690. The predicted octanol–water partition coefficient (Wildman–Crippen LogP) is 4.29. The van der Waals surface area contributed by atoms with Crippen molar-refractivity contribution in [2.75, 3.05) is 71.3 Å². The second-order valence-electron chi connectivity index (χ2n) is 17.2. The summed E-state index contributed by atoms with van der Waals surface area (Å²) in [5.74, 6) is -7.29. The van der Waals surface area contributed by atoms with Crippen LogP contribution in [-0.4, -0.2) is 143 Å². The summed E-state index contributed by atoms with van der Waals surface area (Å²) >= 11 is 0. The minimum atomic E-state index is -1.44. The van der Waals surface area contributed by atoms with E-state index < -0.39 is 80.1 Å². The molecule has 34 nitrogen and oxygen atoms in total. The number of rotatable bonds is 26. The summed E-state index contributed by atoms with van der Waals surface area (Å²) in [6.07, 6.45) is 0. The van der Waals surface area contributed by atoms with Gasteiger partial charge in [-0.2, -0.15) is 50.7 Å². The highest BCUT2D eigenvalue weighted by atomic mass is 16.4. The van der Waals surface area contributed by atoms with Crippen LogP contribution in [0.25, 0.3) is 0 Å². The number of pyridine rings is 2. The van der Waals surface area contributed by atoms with Gasteiger partial charge in [0.2, 0.25) is 47.5 Å². The number of carboxylic acid groups (broad SMARTS) is 4. The summed E-state index contributed by atoms with van der Waals surface area (Å²) in [6, 6.07) is 16.1. The number of anilines is 8. The zero-order valence-electron chi connectivity index (χ0n) is 43.7. The SMILES string of the molecule is Cc1c(N=Nc2cc(C(=O)O)cc(C(=O)O)c2)c(O)n(CCNc2nc(NCCO)nc(Nc3ccc(Nc4nc(NCCO)nc(NCCn5c(O)c(N=Nc6cc(C(=O)O)cc(C(=O)O)c6)c(C)c(C#N)c5=O)n4)cc3)n2)c(=O)c1C#N. The zero-order valence-corrected chi connectivity index (χ0v) is 43.7. The highest BCUT2D eigenvalue weighted by molar-refractivity contribution is 5.96. The Hall–Kier alpha value is -12.0. The van der Waals surface area contributed by atoms with Crippen LogP contribution in [0.15, 0.2) is 90.7 Å². The molecule has 0 atom stereocenters. The molecule has 14 N–H and O–H groups in total. The Labute approximate surface area is 470 Å². The van der Waals surface area contributed by atoms with Crippen LogP contribution < -0.4 is 43.0 Å². The van der Waals surface area contributed by atoms with Crippen molar-refractivity contribution in [3.8, 4) is 23.9 Å². The molecule has 0 fully saturated rings. The molecule has 0 bridgehead atoms. The summed E-state index contributed by atoms with van der Waals surface area (Å²) in [4.78, 5) is 99.3. The molecule has 0 radical (unpaired) electrons. The van der Waals surface area contributed by atoms with Crippen LogP contribution in [0, 0.1) is 36.5 Å². The van der Waals surface area contributed by atoms with Crippen molar-refractivity contribution < 1.29 is 60.0 Å². The lowest BCUT2D eigenvalue weighted by Crippen LogP contribution is -2.27. The number of aliphatic hydroxyl groups excluding tert-OH is 2. The molecule has 0 unspecified atom stereocenters. The first-order valence-electron chi connectivity index (χ1n) is 24.4. The molecule has 3 aromatic carbocycles. The van der Waals surface area contributed by atoms with Gasteiger partial charge in [0.05, 0.1) is 46.8 Å². The van der Waals surface area contributed by atoms with Crippen molar-refractivity contribution in [3.05, 3.63) is 126 Å². The van der Waals surface area contributed by atoms with Crippen LogP contribution in [0.1, 0.15) is 63.7 Å². The number of carbonyl (C=O) groups is 4. The maximum absolute atomic E-state index is 13.4. The molecule has 0 amide bonds. The van der Waals surface area contributed by atoms with Crippen LogP contribution in [-0.2, 0) is 13.1 Å². The summed E-state index contributed by atoms with van der Waals surface area (Å²) in [7, 11) is 0. The van der Waals surface area contributed by atoms with Crippen LogP contribution in [0.3, 0.4) is 0 Å². The van der Waals surface area contributed by atoms with Crippen LogP contribution >= 0.6 is 0 Å². The predicted molar refractivity (Wildman–Crippen MR) is 294 cm³/mol. The smallest absolute Gasteiger partial charge is 0.335 e. The third-order valence-electron chi connectivity index (χ3n) is 11.6. The molecule has 7 aromatic rings. The number of nitrogens with one attached hydrogen (secondary N) is 6. The Balaban J connectivity index is 1.05. The number of hydrogen-bond acceptors (Lipinski definition) is 28. The summed E-state index contributed by atoms with van der Waals surface area (Å²) in [5, 5.41) is 132. The maximum Gasteiger partial charge on any atom is 0.335 e. The number of azo groups is 2. The highest BCUT2D eigenvalue weighted by Crippen LogP contribution is 2.34. The first-order chi connectivity index (χ1) is 40.2. The van der Waals surface area contributed by atoms with Gasteiger partial charge in [0.15, 0.2) is 11.4 Å². The molecule has 0 aliphatic heterocycles. The van der Waals surface area contributed by atoms with Gasteiger partial charge < -0.3 is 72.8 Å². The van der Waals surface area contributed by atoms with Gasteiger partial charge in [-0.15, -0.1) is 10.2 Å². The van der Waals surface area contributed by atoms with E-state index in [0.29, 0.717) is 11.4 Å². The van der Waals surface area contributed by atoms with E-state index in [1.807, 2.05) is 0 Å². The molecule has 84 heavy (non-hydrogen) atoms. The van der Waals surface area contributed by atoms with Gasteiger partial charge in [-0.05, 0) is 74.5 Å². The number of aromatic carboxylic acids is 4. The number of carboxylic acids is 4. The second-order valence-corrected chi connectivity index (χ2v) is 17.2. The standard InChI is InChI=1S/C50H46N20O14/c1-23-33(21-51)37(73)69(39(75)35(23)67-65-31-17-25(41(77)78)15-26(18-31)42(79)80)11-7-53-45-59-47(55-9-13-71)63-49(61-45)57-29-3-5-30(6-4-29)58-50-62-46(60-48(64-50)56-10-14-72)54-8-12-70-38(74)34(22-52)24(2)36(40(70)76)68-66-32-19-27(43(81)82)16-28(20-32)44(83)84/h3-6,15-20,71-72,75-76H,7-14H2,1-2H3,(H,77,78)(H,79,80)(H,81,82)(H,83,84)(H3,53,55,57,59,61,63)(H3,54,56,58,60,62,64). The molecule has 7 rings (SSSR count). The van der Waals surface area contributed by atoms with E-state index in [-0.39, 0.29) is 122 Å². The van der Waals surface area contributed by atoms with Gasteiger partial charge in [0.25, 0.3) is 11.1 Å². The number of nitriles is 2. The normalized spacial score (nSPS) is 11.0. The molecule has 430 valence electrons. The van der Waals surface area contributed by atoms with E-state index in [2.05, 4.69) is 82.3 Å². The Morgan fingerprint density at radius 2 is 0.786 bits per heavy atom. The van der Waals surface area contributed by atoms with Crippen molar-refractivity contribution >= 4 is 93.7 Å². The number of hydrogen-bond donors (Lipinski definition) is 14. The fourth-order valence-corrected chi connectivity index (χ4v) is 7.55. The number of aromatic hydroxyl groups is 2. The topological polar surface area (TPSA) is 521 Å². The average molecular weight is 1150 g/mol. The first-order valence-corrected chi connectivity index (χ1v) is 24.4. The number of nitrogens with zero attached hydrogens (tertiary/aromatic N) is 14. The van der Waals surface area contributed by atoms with E-state index in [0.717, 1.165) is 45.5 Å². The molecular formula is C50H46N20O14. The Kier molecular flexibility index (Phi) is 19.0. The number of aliphatic hydroxyl groups is 2. The zero-order chi connectivity index (χ0) is 60.8. The number of aromatic nitrogens is 8. The quantitative estimate of drug-likeness (QED) is 0.0336. The molecule has 4 heterocycles. The summed E-state index contributed by atoms with van der Waals surface area (Å²) in [6.45, 7) is 1.24. The van der Waals surface area contributed by atoms with E-state index >= 15 is 0 Å². The molecule has 0 saturated heterocycles. The van der Waals surface area contributed by atoms with Crippen LogP contribution in [0.5, 0.6) is 11.8 Å². The van der Waals surface area contributed by atoms with Crippen molar-refractivity contribution in [3.63, 3.8) is 0 Å². The minimum absolute atomic E-state index is 0.00528. The first kappa shape index (κ1) is 59.6. The van der Waals surface area contributed by atoms with E-state index in [4.69, 9.17) is 0 Å². The largest absolute Gasteiger partial charge is 0.493 e. The third kappa shape index (κ3) is 14.4. The van der Waals surface area contributed by atoms with Gasteiger partial charge in [-0.1, -0.05) is 0 Å². The monoisotopic (exact) mass is 1150 g/mol. The lowest BCUT2D eigenvalue weighted by Gasteiger charge is -2.15. The summed E-state index contributed by atoms with van der Waals surface area (Å²) < 4.78 is 1.65. The Morgan fingerprint density at radius 3 is 1.07 bits per heavy atom. The summed E-state index contributed by atoms with van der Waals surface area (Å²) in [5.41, 5.74) is -4.52. The lowest BCUT2D eigenvalue weighted by molar-refractivity contribution is 0.0676. The minimum Gasteiger partial charge on any atom is -0.493 e. The average Bonchev–Trinajstić information content (AvgIpc) is 3.40. The molecule has 0 spiro atoms. The second kappa shape index (κ2) is 26.7. The molecule has 4 aromatic heterocycles. The van der Waals surface area contributed by atoms with Crippen LogP contribution in [0.2, 0.25) is 0 Å². The molecule has 0 aliphatic rings. The van der Waals surface area contributed by atoms with Gasteiger partial charge in [0, 0.05) is 61.8 Å². The number of benzene rings is 3. The fraction of sp³-hybridized carbons (Fsp3) is 0.200. The van der Waals surface area contributed by atoms with Gasteiger partial charge >= 0.3 is 23.9 Å². The highest BCUT2D eigenvalue weighted by Gasteiger charge is 2.22. The third-order valence-corrected chi connectivity index (χ3v) is 11.6. The van der Waals surface area contributed by atoms with Crippen molar-refractivity contribution in [1.82, 2.24) is 39.0 Å². The van der Waals surface area contributed by atoms with Crippen molar-refractivity contribution in [2.45, 2.75) is 26.9 Å². The van der Waals surface area contributed by atoms with E-state index in [1.54, 1.807) is 36.4 Å². The molecule has 34 heteroatoms. The lowest BCUT2D eigenvalue weighted by atomic mass is 10.1. The maximum atomic E-state index is 13.4. The van der Waals surface area contributed by atoms with Crippen LogP contribution in [0.4, 0.5) is 69.8 Å². The van der Waals surface area contributed by atoms with E-state index in [1.165, 1.54) is 13.8 Å².